The van der Waals surface area contributed by atoms with E-state index in [1.165, 1.54) is 24.6 Å². The van der Waals surface area contributed by atoms with Crippen molar-refractivity contribution >= 4 is 12.5 Å². The van der Waals surface area contributed by atoms with E-state index in [-0.39, 0.29) is 18.0 Å². The third kappa shape index (κ3) is 3.87. The lowest BCUT2D eigenvalue weighted by Crippen LogP contribution is -2.12. The molecular formula is C12H11N2O3. The summed E-state index contributed by atoms with van der Waals surface area (Å²) in [7, 11) is 0. The van der Waals surface area contributed by atoms with Gasteiger partial charge in [-0.3, -0.25) is 4.79 Å². The van der Waals surface area contributed by atoms with Crippen LogP contribution in [-0.4, -0.2) is 23.2 Å². The first-order chi connectivity index (χ1) is 8.17. The number of hydrogen-bond acceptors (Lipinski definition) is 4. The first-order valence-electron chi connectivity index (χ1n) is 4.81. The van der Waals surface area contributed by atoms with Gasteiger partial charge in [-0.2, -0.15) is 5.26 Å². The molecule has 0 aliphatic carbocycles. The molecule has 0 spiro atoms. The molecule has 17 heavy (non-hydrogen) atoms. The molecule has 1 aromatic rings. The van der Waals surface area contributed by atoms with E-state index >= 15 is 0 Å². The maximum absolute atomic E-state index is 10.0. The lowest BCUT2D eigenvalue weighted by atomic mass is 10.1. The maximum Gasteiger partial charge on any atom is 0.207 e. The number of nitrogens with zero attached hydrogens (tertiary/aromatic N) is 1. The van der Waals surface area contributed by atoms with Crippen molar-refractivity contribution in [2.75, 3.05) is 6.54 Å². The minimum absolute atomic E-state index is 0.216. The standard InChI is InChI=1S/C12H11N2O3/c13-7-10(3-4-14-8-15)5-9-1-2-11(16)12(17)6-9/h1-3,5-6,8,16-17H,4H2,(H,14,15). The van der Waals surface area contributed by atoms with Crippen molar-refractivity contribution in [3.63, 3.8) is 0 Å². The number of phenolic OH excluding ortho intramolecular Hbond substituents is 2. The van der Waals surface area contributed by atoms with E-state index in [4.69, 9.17) is 10.4 Å². The molecule has 0 fully saturated rings. The highest BCUT2D eigenvalue weighted by atomic mass is 16.3. The quantitative estimate of drug-likeness (QED) is 0.304. The van der Waals surface area contributed by atoms with Crippen molar-refractivity contribution in [3.8, 4) is 17.6 Å². The number of rotatable bonds is 5. The van der Waals surface area contributed by atoms with Crippen molar-refractivity contribution in [1.29, 1.82) is 5.26 Å². The van der Waals surface area contributed by atoms with Crippen LogP contribution in [0, 0.1) is 17.8 Å². The van der Waals surface area contributed by atoms with Crippen LogP contribution < -0.4 is 5.32 Å². The summed E-state index contributed by atoms with van der Waals surface area (Å²) in [4.78, 5) is 10.0. The van der Waals surface area contributed by atoms with E-state index < -0.39 is 0 Å². The second kappa shape index (κ2) is 6.18. The largest absolute Gasteiger partial charge is 0.504 e. The van der Waals surface area contributed by atoms with E-state index in [1.54, 1.807) is 6.07 Å². The van der Waals surface area contributed by atoms with Crippen LogP contribution in [0.3, 0.4) is 0 Å². The highest BCUT2D eigenvalue weighted by Crippen LogP contribution is 2.25. The number of nitrogens with one attached hydrogen (secondary N) is 1. The molecule has 3 N–H and O–H groups in total. The molecule has 0 aliphatic rings. The number of benzene rings is 1. The summed E-state index contributed by atoms with van der Waals surface area (Å²) in [6, 6.07) is 6.19. The zero-order valence-corrected chi connectivity index (χ0v) is 8.92. The SMILES string of the molecule is N#CC([CH]CNC=O)=Cc1ccc(O)c(O)c1. The summed E-state index contributed by atoms with van der Waals surface area (Å²) in [5.41, 5.74) is 0.934. The van der Waals surface area contributed by atoms with Gasteiger partial charge in [-0.05, 0) is 23.8 Å². The van der Waals surface area contributed by atoms with Crippen LogP contribution in [0.4, 0.5) is 0 Å². The predicted molar refractivity (Wildman–Crippen MR) is 61.7 cm³/mol. The van der Waals surface area contributed by atoms with E-state index in [0.717, 1.165) is 0 Å². The maximum atomic E-state index is 10.0. The molecule has 0 unspecified atom stereocenters. The summed E-state index contributed by atoms with van der Waals surface area (Å²) < 4.78 is 0. The molecule has 1 rings (SSSR count). The Morgan fingerprint density at radius 3 is 2.76 bits per heavy atom. The Kier molecular flexibility index (Phi) is 4.58. The van der Waals surface area contributed by atoms with E-state index in [2.05, 4.69) is 5.32 Å². The van der Waals surface area contributed by atoms with Crippen molar-refractivity contribution in [2.24, 2.45) is 0 Å². The number of carbonyl (C=O) groups is 1. The van der Waals surface area contributed by atoms with E-state index in [1.807, 2.05) is 6.07 Å². The Balaban J connectivity index is 2.80. The number of nitriles is 1. The second-order valence-corrected chi connectivity index (χ2v) is 3.19. The van der Waals surface area contributed by atoms with E-state index in [0.29, 0.717) is 17.5 Å². The van der Waals surface area contributed by atoms with Gasteiger partial charge < -0.3 is 15.5 Å². The van der Waals surface area contributed by atoms with Crippen LogP contribution in [0.1, 0.15) is 5.56 Å². The van der Waals surface area contributed by atoms with Gasteiger partial charge in [0.2, 0.25) is 6.41 Å². The third-order valence-electron chi connectivity index (χ3n) is 1.97. The third-order valence-corrected chi connectivity index (χ3v) is 1.97. The van der Waals surface area contributed by atoms with Crippen LogP contribution in [0.5, 0.6) is 11.5 Å². The smallest absolute Gasteiger partial charge is 0.207 e. The zero-order chi connectivity index (χ0) is 12.7. The van der Waals surface area contributed by atoms with Crippen molar-refractivity contribution in [3.05, 3.63) is 35.8 Å². The van der Waals surface area contributed by atoms with Gasteiger partial charge in [0.05, 0.1) is 6.07 Å². The van der Waals surface area contributed by atoms with Crippen LogP contribution >= 0.6 is 0 Å². The molecule has 0 bridgehead atoms. The van der Waals surface area contributed by atoms with Crippen LogP contribution in [0.2, 0.25) is 0 Å². The molecule has 1 radical (unpaired) electrons. The number of carbonyl (C=O) groups excluding carboxylic acids is 1. The lowest BCUT2D eigenvalue weighted by Gasteiger charge is -2.01. The second-order valence-electron chi connectivity index (χ2n) is 3.19. The molecule has 0 saturated heterocycles. The number of hydrogen-bond donors (Lipinski definition) is 3. The van der Waals surface area contributed by atoms with Crippen LogP contribution in [0.25, 0.3) is 6.08 Å². The van der Waals surface area contributed by atoms with Gasteiger partial charge in [-0.25, -0.2) is 0 Å². The average molecular weight is 231 g/mol. The fourth-order valence-electron chi connectivity index (χ4n) is 1.16. The fraction of sp³-hybridized carbons (Fsp3) is 0.0833. The molecule has 1 amide bonds. The van der Waals surface area contributed by atoms with Gasteiger partial charge in [0.25, 0.3) is 0 Å². The van der Waals surface area contributed by atoms with Gasteiger partial charge >= 0.3 is 0 Å². The summed E-state index contributed by atoms with van der Waals surface area (Å²) >= 11 is 0. The molecule has 5 heteroatoms. The van der Waals surface area contributed by atoms with Gasteiger partial charge in [-0.15, -0.1) is 0 Å². The van der Waals surface area contributed by atoms with Crippen LogP contribution in [-0.2, 0) is 4.79 Å². The first kappa shape index (κ1) is 12.6. The van der Waals surface area contributed by atoms with Gasteiger partial charge in [0, 0.05) is 18.5 Å². The lowest BCUT2D eigenvalue weighted by molar-refractivity contribution is -0.109. The van der Waals surface area contributed by atoms with Crippen LogP contribution in [0.15, 0.2) is 23.8 Å². The molecule has 5 nitrogen and oxygen atoms in total. The van der Waals surface area contributed by atoms with Gasteiger partial charge in [0.15, 0.2) is 11.5 Å². The summed E-state index contributed by atoms with van der Waals surface area (Å²) in [5, 5.41) is 29.6. The topological polar surface area (TPSA) is 93.4 Å². The summed E-state index contributed by atoms with van der Waals surface area (Å²) in [5.74, 6) is -0.464. The number of amides is 1. The molecule has 87 valence electrons. The Morgan fingerprint density at radius 2 is 2.18 bits per heavy atom. The zero-order valence-electron chi connectivity index (χ0n) is 8.92. The highest BCUT2D eigenvalue weighted by Gasteiger charge is 2.01. The monoisotopic (exact) mass is 231 g/mol. The predicted octanol–water partition coefficient (Wildman–Crippen LogP) is 0.955. The van der Waals surface area contributed by atoms with Crippen molar-refractivity contribution in [1.82, 2.24) is 5.32 Å². The molecule has 0 heterocycles. The molecule has 0 aliphatic heterocycles. The minimum atomic E-state index is -0.248. The van der Waals surface area contributed by atoms with E-state index in [9.17, 15) is 9.90 Å². The van der Waals surface area contributed by atoms with Gasteiger partial charge in [0.1, 0.15) is 0 Å². The first-order valence-corrected chi connectivity index (χ1v) is 4.81. The fourth-order valence-corrected chi connectivity index (χ4v) is 1.16. The van der Waals surface area contributed by atoms with Gasteiger partial charge in [-0.1, -0.05) is 6.07 Å². The molecule has 1 aromatic carbocycles. The molecule has 0 saturated carbocycles. The highest BCUT2D eigenvalue weighted by molar-refractivity contribution is 5.62. The average Bonchev–Trinajstić information content (AvgIpc) is 2.32. The Labute approximate surface area is 98.6 Å². The Morgan fingerprint density at radius 1 is 1.41 bits per heavy atom. The molecule has 0 aromatic heterocycles. The van der Waals surface area contributed by atoms with Crippen molar-refractivity contribution < 1.29 is 15.0 Å². The Bertz CT molecular complexity index is 475. The number of phenols is 2. The number of aromatic hydroxyl groups is 2. The Hall–Kier alpha value is -2.48. The summed E-state index contributed by atoms with van der Waals surface area (Å²) in [6.45, 7) is 0.257. The summed E-state index contributed by atoms with van der Waals surface area (Å²) in [6.07, 6.45) is 3.61. The van der Waals surface area contributed by atoms with Crippen molar-refractivity contribution in [2.45, 2.75) is 0 Å². The molecular weight excluding hydrogens is 220 g/mol. The molecule has 0 atom stereocenters. The normalized spacial score (nSPS) is 10.6. The minimum Gasteiger partial charge on any atom is -0.504 e.